The maximum atomic E-state index is 12.8. The molecular weight excluding hydrogens is 466 g/mol. The zero-order valence-electron chi connectivity index (χ0n) is 21.0. The van der Waals surface area contributed by atoms with Crippen LogP contribution in [0.4, 0.5) is 27.9 Å². The average Bonchev–Trinajstić information content (AvgIpc) is 2.91. The summed E-state index contributed by atoms with van der Waals surface area (Å²) in [5.41, 5.74) is 4.71. The van der Waals surface area contributed by atoms with Gasteiger partial charge in [-0.1, -0.05) is 30.8 Å². The maximum absolute atomic E-state index is 12.8. The summed E-state index contributed by atoms with van der Waals surface area (Å²) in [6.07, 6.45) is 3.35. The molecule has 2 aliphatic rings. The number of nitrogens with one attached hydrogen (secondary N) is 2. The predicted molar refractivity (Wildman–Crippen MR) is 145 cm³/mol. The first-order valence-corrected chi connectivity index (χ1v) is 12.4. The number of ketones is 1. The van der Waals surface area contributed by atoms with Gasteiger partial charge in [0.2, 0.25) is 5.95 Å². The molecule has 1 saturated heterocycles. The molecule has 0 aliphatic carbocycles. The van der Waals surface area contributed by atoms with Crippen LogP contribution < -0.4 is 20.4 Å². The Labute approximate surface area is 216 Å². The number of aromatic nitrogens is 2. The molecular formula is C28H31N7O2. The summed E-state index contributed by atoms with van der Waals surface area (Å²) < 4.78 is 0. The summed E-state index contributed by atoms with van der Waals surface area (Å²) in [5.74, 6) is 0.956. The van der Waals surface area contributed by atoms with E-state index in [9.17, 15) is 9.59 Å². The first-order valence-electron chi connectivity index (χ1n) is 12.4. The highest BCUT2D eigenvalue weighted by atomic mass is 16.2. The normalized spacial score (nSPS) is 15.6. The fourth-order valence-electron chi connectivity index (χ4n) is 4.57. The molecule has 0 unspecified atom stereocenters. The minimum atomic E-state index is -0.221. The summed E-state index contributed by atoms with van der Waals surface area (Å²) in [4.78, 5) is 40.1. The molecule has 0 spiro atoms. The number of nitrogens with zero attached hydrogens (tertiary/aromatic N) is 5. The lowest BCUT2D eigenvalue weighted by atomic mass is 10.1. The number of carbonyl (C=O) groups excluding carboxylic acids is 2. The lowest BCUT2D eigenvalue weighted by molar-refractivity contribution is -0.114. The molecule has 2 amide bonds. The Morgan fingerprint density at radius 2 is 1.86 bits per heavy atom. The number of allylic oxidation sites excluding steroid dienone is 1. The molecule has 190 valence electrons. The third-order valence-electron chi connectivity index (χ3n) is 6.70. The maximum Gasteiger partial charge on any atom is 0.323 e. The van der Waals surface area contributed by atoms with Gasteiger partial charge in [0.25, 0.3) is 0 Å². The number of likely N-dealkylation sites (N-methyl/N-ethyl adjacent to an activating group) is 1. The fourth-order valence-corrected chi connectivity index (χ4v) is 4.57. The molecule has 0 saturated carbocycles. The third kappa shape index (κ3) is 5.78. The number of fused-ring (bicyclic) bond motifs is 1. The van der Waals surface area contributed by atoms with E-state index in [1.54, 1.807) is 11.1 Å². The Balaban J connectivity index is 1.32. The first-order chi connectivity index (χ1) is 18.0. The monoisotopic (exact) mass is 497 g/mol. The molecule has 9 nitrogen and oxygen atoms in total. The van der Waals surface area contributed by atoms with Crippen molar-refractivity contribution in [3.8, 4) is 0 Å². The van der Waals surface area contributed by atoms with Crippen molar-refractivity contribution < 1.29 is 9.59 Å². The van der Waals surface area contributed by atoms with Gasteiger partial charge in [0.1, 0.15) is 5.82 Å². The van der Waals surface area contributed by atoms with Gasteiger partial charge in [0, 0.05) is 62.3 Å². The van der Waals surface area contributed by atoms with Gasteiger partial charge in [-0.3, -0.25) is 9.69 Å². The van der Waals surface area contributed by atoms with Crippen LogP contribution in [-0.2, 0) is 24.3 Å². The molecule has 37 heavy (non-hydrogen) atoms. The molecule has 1 aromatic heterocycles. The van der Waals surface area contributed by atoms with Crippen molar-refractivity contribution in [2.24, 2.45) is 0 Å². The Hall–Kier alpha value is -4.24. The molecule has 3 aromatic rings. The van der Waals surface area contributed by atoms with Crippen LogP contribution in [0.15, 0.2) is 67.4 Å². The molecule has 2 N–H and O–H groups in total. The number of anilines is 4. The smallest absolute Gasteiger partial charge is 0.323 e. The van der Waals surface area contributed by atoms with Crippen LogP contribution in [0.5, 0.6) is 0 Å². The van der Waals surface area contributed by atoms with Crippen molar-refractivity contribution in [1.29, 1.82) is 0 Å². The standard InChI is InChI=1S/C28H31N7O2/c1-3-25(36)16-20-5-4-6-21(15-20)19-35-26-22(18-30-28(35)37)17-29-27(32-26)31-23-7-9-24(10-8-23)34-13-11-33(2)12-14-34/h3-10,15,17H,1,11-14,16,18-19H2,2H3,(H,30,37)(H,29,31,32). The van der Waals surface area contributed by atoms with Gasteiger partial charge in [0.05, 0.1) is 6.54 Å². The van der Waals surface area contributed by atoms with E-state index in [0.717, 1.165) is 48.6 Å². The number of piperazine rings is 1. The molecule has 0 bridgehead atoms. The molecule has 0 radical (unpaired) electrons. The van der Waals surface area contributed by atoms with E-state index in [2.05, 4.69) is 51.2 Å². The van der Waals surface area contributed by atoms with Gasteiger partial charge in [-0.15, -0.1) is 0 Å². The van der Waals surface area contributed by atoms with Crippen LogP contribution in [0.25, 0.3) is 0 Å². The van der Waals surface area contributed by atoms with E-state index < -0.39 is 0 Å². The zero-order chi connectivity index (χ0) is 25.8. The molecule has 0 atom stereocenters. The Morgan fingerprint density at radius 1 is 1.11 bits per heavy atom. The highest BCUT2D eigenvalue weighted by Crippen LogP contribution is 2.27. The van der Waals surface area contributed by atoms with Crippen molar-refractivity contribution >= 4 is 35.0 Å². The molecule has 5 rings (SSSR count). The average molecular weight is 498 g/mol. The van der Waals surface area contributed by atoms with Crippen LogP contribution in [0.2, 0.25) is 0 Å². The lowest BCUT2D eigenvalue weighted by Gasteiger charge is -2.34. The van der Waals surface area contributed by atoms with Gasteiger partial charge in [-0.25, -0.2) is 9.78 Å². The number of amides is 2. The summed E-state index contributed by atoms with van der Waals surface area (Å²) >= 11 is 0. The molecule has 2 aromatic carbocycles. The third-order valence-corrected chi connectivity index (χ3v) is 6.70. The molecule has 1 fully saturated rings. The van der Waals surface area contributed by atoms with E-state index >= 15 is 0 Å². The van der Waals surface area contributed by atoms with E-state index in [1.807, 2.05) is 36.4 Å². The summed E-state index contributed by atoms with van der Waals surface area (Å²) in [7, 11) is 2.15. The van der Waals surface area contributed by atoms with Crippen molar-refractivity contribution in [1.82, 2.24) is 20.2 Å². The molecule has 9 heteroatoms. The van der Waals surface area contributed by atoms with Crippen LogP contribution in [-0.4, -0.2) is 59.9 Å². The molecule has 2 aliphatic heterocycles. The number of hydrogen-bond acceptors (Lipinski definition) is 7. The lowest BCUT2D eigenvalue weighted by Crippen LogP contribution is -2.44. The number of benzene rings is 2. The number of carbonyl (C=O) groups is 2. The molecule has 3 heterocycles. The van der Waals surface area contributed by atoms with Gasteiger partial charge in [0.15, 0.2) is 5.78 Å². The zero-order valence-corrected chi connectivity index (χ0v) is 21.0. The van der Waals surface area contributed by atoms with Crippen LogP contribution in [0, 0.1) is 0 Å². The second kappa shape index (κ2) is 10.8. The van der Waals surface area contributed by atoms with Crippen LogP contribution in [0.3, 0.4) is 0 Å². The Kier molecular flexibility index (Phi) is 7.14. The summed E-state index contributed by atoms with van der Waals surface area (Å²) in [6, 6.07) is 15.7. The highest BCUT2D eigenvalue weighted by molar-refractivity contribution is 5.94. The summed E-state index contributed by atoms with van der Waals surface area (Å²) in [6.45, 7) is 8.39. The van der Waals surface area contributed by atoms with Crippen molar-refractivity contribution in [2.45, 2.75) is 19.5 Å². The predicted octanol–water partition coefficient (Wildman–Crippen LogP) is 3.50. The quantitative estimate of drug-likeness (QED) is 0.460. The van der Waals surface area contributed by atoms with Gasteiger partial charge >= 0.3 is 6.03 Å². The second-order valence-corrected chi connectivity index (χ2v) is 9.42. The van der Waals surface area contributed by atoms with Gasteiger partial charge in [-0.05, 0) is 48.5 Å². The minimum absolute atomic E-state index is 0.0433. The van der Waals surface area contributed by atoms with Crippen molar-refractivity contribution in [3.63, 3.8) is 0 Å². The SMILES string of the molecule is C=CC(=O)Cc1cccc(CN2C(=O)NCc3cnc(Nc4ccc(N5CCN(C)CC5)cc4)nc32)c1. The highest BCUT2D eigenvalue weighted by Gasteiger charge is 2.26. The van der Waals surface area contributed by atoms with Gasteiger partial charge in [-0.2, -0.15) is 4.98 Å². The Bertz CT molecular complexity index is 1300. The van der Waals surface area contributed by atoms with E-state index in [-0.39, 0.29) is 18.2 Å². The van der Waals surface area contributed by atoms with Gasteiger partial charge < -0.3 is 20.4 Å². The van der Waals surface area contributed by atoms with E-state index in [1.165, 1.54) is 11.8 Å². The number of rotatable bonds is 8. The second-order valence-electron chi connectivity index (χ2n) is 9.42. The van der Waals surface area contributed by atoms with Crippen LogP contribution >= 0.6 is 0 Å². The minimum Gasteiger partial charge on any atom is -0.369 e. The number of urea groups is 1. The van der Waals surface area contributed by atoms with E-state index in [0.29, 0.717) is 24.9 Å². The van der Waals surface area contributed by atoms with Crippen molar-refractivity contribution in [2.75, 3.05) is 48.3 Å². The number of hydrogen-bond donors (Lipinski definition) is 2. The van der Waals surface area contributed by atoms with Crippen molar-refractivity contribution in [3.05, 3.63) is 84.1 Å². The largest absolute Gasteiger partial charge is 0.369 e. The first kappa shape index (κ1) is 24.5. The topological polar surface area (TPSA) is 93.7 Å². The van der Waals surface area contributed by atoms with Crippen LogP contribution in [0.1, 0.15) is 16.7 Å². The summed E-state index contributed by atoms with van der Waals surface area (Å²) in [5, 5.41) is 6.16. The van der Waals surface area contributed by atoms with E-state index in [4.69, 9.17) is 4.98 Å². The fraction of sp³-hybridized carbons (Fsp3) is 0.286. The Morgan fingerprint density at radius 3 is 2.62 bits per heavy atom.